The van der Waals surface area contributed by atoms with E-state index in [1.165, 1.54) is 24.0 Å². The van der Waals surface area contributed by atoms with Crippen LogP contribution in [0, 0.1) is 5.92 Å². The average molecular weight is 441 g/mol. The molecule has 6 nitrogen and oxygen atoms in total. The average Bonchev–Trinajstić information content (AvgIpc) is 3.67. The van der Waals surface area contributed by atoms with Gasteiger partial charge in [0.25, 0.3) is 0 Å². The SMILES string of the molecule is CC1CN(C(=O)Nc2cccnc2)CCC1=Cc1cccc(Oc2ccc(C3CC3)cn2)c1. The number of nitrogens with zero attached hydrogens (tertiary/aromatic N) is 3. The summed E-state index contributed by atoms with van der Waals surface area (Å²) in [7, 11) is 0. The molecule has 1 saturated carbocycles. The van der Waals surface area contributed by atoms with Crippen molar-refractivity contribution in [3.8, 4) is 11.6 Å². The van der Waals surface area contributed by atoms with E-state index in [1.54, 1.807) is 12.4 Å². The van der Waals surface area contributed by atoms with Gasteiger partial charge in [0, 0.05) is 31.5 Å². The lowest BCUT2D eigenvalue weighted by molar-refractivity contribution is 0.198. The Bertz CT molecular complexity index is 1140. The highest BCUT2D eigenvalue weighted by Crippen LogP contribution is 2.40. The normalized spacial score (nSPS) is 19.4. The van der Waals surface area contributed by atoms with Gasteiger partial charge in [-0.25, -0.2) is 9.78 Å². The maximum Gasteiger partial charge on any atom is 0.321 e. The van der Waals surface area contributed by atoms with E-state index in [-0.39, 0.29) is 11.9 Å². The molecule has 2 amide bonds. The van der Waals surface area contributed by atoms with Crippen LogP contribution < -0.4 is 10.1 Å². The minimum atomic E-state index is -0.0792. The monoisotopic (exact) mass is 440 g/mol. The number of nitrogens with one attached hydrogen (secondary N) is 1. The molecule has 3 aromatic rings. The predicted octanol–water partition coefficient (Wildman–Crippen LogP) is 6.10. The van der Waals surface area contributed by atoms with Crippen LogP contribution in [0.3, 0.4) is 0 Å². The molecule has 0 bridgehead atoms. The van der Waals surface area contributed by atoms with E-state index in [1.807, 2.05) is 47.5 Å². The van der Waals surface area contributed by atoms with Crippen LogP contribution in [0.15, 0.2) is 72.7 Å². The molecule has 2 aromatic heterocycles. The van der Waals surface area contributed by atoms with Crippen molar-refractivity contribution in [2.24, 2.45) is 5.92 Å². The summed E-state index contributed by atoms with van der Waals surface area (Å²) in [4.78, 5) is 23.0. The summed E-state index contributed by atoms with van der Waals surface area (Å²) in [6.07, 6.45) is 10.9. The molecule has 1 atom stereocenters. The fraction of sp³-hybridized carbons (Fsp3) is 0.296. The number of urea groups is 1. The molecule has 3 heterocycles. The number of rotatable bonds is 5. The van der Waals surface area contributed by atoms with Crippen molar-refractivity contribution in [2.75, 3.05) is 18.4 Å². The van der Waals surface area contributed by atoms with Crippen LogP contribution in [0.25, 0.3) is 6.08 Å². The number of carbonyl (C=O) groups is 1. The Labute approximate surface area is 194 Å². The van der Waals surface area contributed by atoms with E-state index in [9.17, 15) is 4.79 Å². The molecular weight excluding hydrogens is 412 g/mol. The second kappa shape index (κ2) is 9.45. The molecule has 5 rings (SSSR count). The highest BCUT2D eigenvalue weighted by atomic mass is 16.5. The van der Waals surface area contributed by atoms with Gasteiger partial charge in [0.2, 0.25) is 5.88 Å². The lowest BCUT2D eigenvalue weighted by atomic mass is 9.91. The third-order valence-corrected chi connectivity index (χ3v) is 6.24. The molecule has 0 spiro atoms. The zero-order valence-electron chi connectivity index (χ0n) is 18.8. The van der Waals surface area contributed by atoms with Gasteiger partial charge in [-0.3, -0.25) is 4.98 Å². The highest BCUT2D eigenvalue weighted by Gasteiger charge is 2.25. The number of hydrogen-bond donors (Lipinski definition) is 1. The Morgan fingerprint density at radius 2 is 2.06 bits per heavy atom. The second-order valence-electron chi connectivity index (χ2n) is 8.87. The minimum Gasteiger partial charge on any atom is -0.439 e. The van der Waals surface area contributed by atoms with Crippen molar-refractivity contribution < 1.29 is 9.53 Å². The smallest absolute Gasteiger partial charge is 0.321 e. The Morgan fingerprint density at radius 3 is 2.79 bits per heavy atom. The third kappa shape index (κ3) is 5.40. The molecule has 2 fully saturated rings. The minimum absolute atomic E-state index is 0.0792. The van der Waals surface area contributed by atoms with Gasteiger partial charge in [0.15, 0.2) is 0 Å². The number of aromatic nitrogens is 2. The van der Waals surface area contributed by atoms with Crippen LogP contribution in [0.1, 0.15) is 43.2 Å². The molecule has 1 saturated heterocycles. The Hall–Kier alpha value is -3.67. The van der Waals surface area contributed by atoms with Crippen LogP contribution in [-0.4, -0.2) is 34.0 Å². The van der Waals surface area contributed by atoms with E-state index in [4.69, 9.17) is 4.74 Å². The number of piperidine rings is 1. The zero-order chi connectivity index (χ0) is 22.6. The quantitative estimate of drug-likeness (QED) is 0.520. The van der Waals surface area contributed by atoms with Gasteiger partial charge in [0.1, 0.15) is 5.75 Å². The summed E-state index contributed by atoms with van der Waals surface area (Å²) in [5, 5.41) is 2.92. The molecule has 6 heteroatoms. The lowest BCUT2D eigenvalue weighted by Crippen LogP contribution is -2.42. The Morgan fingerprint density at radius 1 is 1.15 bits per heavy atom. The maximum atomic E-state index is 12.6. The van der Waals surface area contributed by atoms with Crippen molar-refractivity contribution in [2.45, 2.75) is 32.1 Å². The van der Waals surface area contributed by atoms with Gasteiger partial charge in [-0.1, -0.05) is 36.8 Å². The number of carbonyl (C=O) groups excluding carboxylic acids is 1. The molecule has 1 aromatic carbocycles. The first-order valence-corrected chi connectivity index (χ1v) is 11.5. The Balaban J connectivity index is 1.21. The van der Waals surface area contributed by atoms with Crippen molar-refractivity contribution in [3.63, 3.8) is 0 Å². The molecule has 1 aliphatic heterocycles. The van der Waals surface area contributed by atoms with Crippen LogP contribution in [0.5, 0.6) is 11.6 Å². The largest absolute Gasteiger partial charge is 0.439 e. The first-order valence-electron chi connectivity index (χ1n) is 11.5. The number of anilines is 1. The molecule has 0 radical (unpaired) electrons. The number of amides is 2. The molecular formula is C27H28N4O2. The van der Waals surface area contributed by atoms with Crippen LogP contribution >= 0.6 is 0 Å². The van der Waals surface area contributed by atoms with E-state index >= 15 is 0 Å². The first-order chi connectivity index (χ1) is 16.1. The van der Waals surface area contributed by atoms with Crippen LogP contribution in [-0.2, 0) is 0 Å². The summed E-state index contributed by atoms with van der Waals surface area (Å²) in [6, 6.07) is 15.7. The van der Waals surface area contributed by atoms with Crippen LogP contribution in [0.2, 0.25) is 0 Å². The number of hydrogen-bond acceptors (Lipinski definition) is 4. The summed E-state index contributed by atoms with van der Waals surface area (Å²) in [5.74, 6) is 2.36. The Kier molecular flexibility index (Phi) is 6.07. The van der Waals surface area contributed by atoms with Crippen molar-refractivity contribution in [1.82, 2.24) is 14.9 Å². The third-order valence-electron chi connectivity index (χ3n) is 6.24. The fourth-order valence-corrected chi connectivity index (χ4v) is 4.20. The van der Waals surface area contributed by atoms with Crippen molar-refractivity contribution in [3.05, 3.63) is 83.8 Å². The summed E-state index contributed by atoms with van der Waals surface area (Å²) < 4.78 is 5.99. The van der Waals surface area contributed by atoms with Gasteiger partial charge in [-0.2, -0.15) is 0 Å². The van der Waals surface area contributed by atoms with E-state index in [0.717, 1.165) is 17.7 Å². The fourth-order valence-electron chi connectivity index (χ4n) is 4.20. The first kappa shape index (κ1) is 21.2. The van der Waals surface area contributed by atoms with E-state index < -0.39 is 0 Å². The van der Waals surface area contributed by atoms with Crippen molar-refractivity contribution >= 4 is 17.8 Å². The maximum absolute atomic E-state index is 12.6. The summed E-state index contributed by atoms with van der Waals surface area (Å²) >= 11 is 0. The summed E-state index contributed by atoms with van der Waals surface area (Å²) in [6.45, 7) is 3.54. The second-order valence-corrected chi connectivity index (χ2v) is 8.87. The van der Waals surface area contributed by atoms with Gasteiger partial charge in [-0.15, -0.1) is 0 Å². The molecule has 33 heavy (non-hydrogen) atoms. The van der Waals surface area contributed by atoms with Crippen LogP contribution in [0.4, 0.5) is 10.5 Å². The number of benzene rings is 1. The van der Waals surface area contributed by atoms with E-state index in [0.29, 0.717) is 30.6 Å². The predicted molar refractivity (Wildman–Crippen MR) is 129 cm³/mol. The molecule has 1 aliphatic carbocycles. The molecule has 1 unspecified atom stereocenters. The van der Waals surface area contributed by atoms with Crippen molar-refractivity contribution in [1.29, 1.82) is 0 Å². The zero-order valence-corrected chi connectivity index (χ0v) is 18.8. The number of likely N-dealkylation sites (tertiary alicyclic amines) is 1. The highest BCUT2D eigenvalue weighted by molar-refractivity contribution is 5.89. The number of ether oxygens (including phenoxy) is 1. The topological polar surface area (TPSA) is 67.4 Å². The molecule has 168 valence electrons. The van der Waals surface area contributed by atoms with Gasteiger partial charge in [-0.05, 0) is 66.5 Å². The van der Waals surface area contributed by atoms with Gasteiger partial charge < -0.3 is 15.0 Å². The standard InChI is InChI=1S/C27H28N4O2/c1-19-18-31(27(32)30-24-5-3-12-28-17-24)13-11-22(19)14-20-4-2-6-25(15-20)33-26-10-9-23(16-29-26)21-7-8-21/h2-6,9-10,12,14-17,19,21H,7-8,11,13,18H2,1H3,(H,30,32). The van der Waals surface area contributed by atoms with E-state index in [2.05, 4.69) is 40.4 Å². The van der Waals surface area contributed by atoms with Gasteiger partial charge >= 0.3 is 6.03 Å². The lowest BCUT2D eigenvalue weighted by Gasteiger charge is -2.33. The number of pyridine rings is 2. The molecule has 1 N–H and O–H groups in total. The molecule has 2 aliphatic rings. The summed E-state index contributed by atoms with van der Waals surface area (Å²) in [5.41, 5.74) is 4.45. The van der Waals surface area contributed by atoms with Gasteiger partial charge in [0.05, 0.1) is 11.9 Å².